The number of anilines is 1. The van der Waals surface area contributed by atoms with Gasteiger partial charge in [-0.15, -0.1) is 5.10 Å². The van der Waals surface area contributed by atoms with E-state index < -0.39 is 18.3 Å². The molecule has 0 unspecified atom stereocenters. The van der Waals surface area contributed by atoms with E-state index in [1.54, 1.807) is 12.1 Å². The monoisotopic (exact) mass is 339 g/mol. The molecule has 0 saturated carbocycles. The van der Waals surface area contributed by atoms with Crippen LogP contribution in [0, 0.1) is 6.92 Å². The molecule has 25 heavy (non-hydrogen) atoms. The summed E-state index contributed by atoms with van der Waals surface area (Å²) in [6, 6.07) is 9.05. The number of benzene rings is 1. The first-order valence-electron chi connectivity index (χ1n) is 8.24. The van der Waals surface area contributed by atoms with E-state index in [1.807, 2.05) is 52.8 Å². The smallest absolute Gasteiger partial charge is 0.399 e. The zero-order chi connectivity index (χ0) is 18.2. The van der Waals surface area contributed by atoms with Crippen LogP contribution in [0.15, 0.2) is 36.5 Å². The van der Waals surface area contributed by atoms with Crippen LogP contribution in [-0.4, -0.2) is 34.4 Å². The molecule has 1 amide bonds. The summed E-state index contributed by atoms with van der Waals surface area (Å²) in [5.74, 6) is -0.307. The zero-order valence-corrected chi connectivity index (χ0v) is 15.2. The Morgan fingerprint density at radius 1 is 1.12 bits per heavy atom. The van der Waals surface area contributed by atoms with Crippen LogP contribution in [0.2, 0.25) is 0 Å². The van der Waals surface area contributed by atoms with Crippen LogP contribution >= 0.6 is 0 Å². The highest BCUT2D eigenvalue weighted by atomic mass is 16.7. The predicted molar refractivity (Wildman–Crippen MR) is 96.9 cm³/mol. The molecule has 1 saturated heterocycles. The molecule has 0 spiro atoms. The molecule has 0 bridgehead atoms. The van der Waals surface area contributed by atoms with Crippen LogP contribution in [0.25, 0.3) is 0 Å². The molecule has 6 nitrogen and oxygen atoms in total. The van der Waals surface area contributed by atoms with Gasteiger partial charge in [0.2, 0.25) is 0 Å². The van der Waals surface area contributed by atoms with Crippen molar-refractivity contribution in [2.24, 2.45) is 0 Å². The summed E-state index contributed by atoms with van der Waals surface area (Å²) in [6.07, 6.45) is 1.53. The molecule has 3 rings (SSSR count). The van der Waals surface area contributed by atoms with Crippen molar-refractivity contribution < 1.29 is 14.1 Å². The summed E-state index contributed by atoms with van der Waals surface area (Å²) in [4.78, 5) is 12.3. The first-order valence-corrected chi connectivity index (χ1v) is 8.24. The highest BCUT2D eigenvalue weighted by Crippen LogP contribution is 2.36. The molecule has 2 aromatic rings. The number of carbonyl (C=O) groups is 1. The molecule has 0 atom stereocenters. The normalized spacial score (nSPS) is 18.2. The lowest BCUT2D eigenvalue weighted by Gasteiger charge is -2.32. The first-order chi connectivity index (χ1) is 11.7. The van der Waals surface area contributed by atoms with Gasteiger partial charge in [0, 0.05) is 11.9 Å². The van der Waals surface area contributed by atoms with Crippen LogP contribution < -0.4 is 10.8 Å². The molecule has 1 aromatic heterocycles. The van der Waals surface area contributed by atoms with Crippen LogP contribution in [0.1, 0.15) is 43.7 Å². The number of hydrogen-bond donors (Lipinski definition) is 1. The lowest BCUT2D eigenvalue weighted by Crippen LogP contribution is -2.41. The Bertz CT molecular complexity index is 777. The highest BCUT2D eigenvalue weighted by molar-refractivity contribution is 6.62. The van der Waals surface area contributed by atoms with Gasteiger partial charge < -0.3 is 14.6 Å². The van der Waals surface area contributed by atoms with Crippen LogP contribution in [-0.2, 0) is 9.31 Å². The van der Waals surface area contributed by atoms with Crippen molar-refractivity contribution in [3.63, 3.8) is 0 Å². The van der Waals surface area contributed by atoms with Gasteiger partial charge in [-0.1, -0.05) is 6.07 Å². The van der Waals surface area contributed by atoms with Crippen molar-refractivity contribution in [2.75, 3.05) is 5.32 Å². The second-order valence-electron chi connectivity index (χ2n) is 7.28. The topological polar surface area (TPSA) is 73.3 Å². The molecule has 1 aliphatic heterocycles. The minimum absolute atomic E-state index is 0.265. The van der Waals surface area contributed by atoms with Crippen molar-refractivity contribution in [1.29, 1.82) is 0 Å². The van der Waals surface area contributed by atoms with Crippen molar-refractivity contribution in [2.45, 2.75) is 45.8 Å². The second kappa shape index (κ2) is 6.24. The van der Waals surface area contributed by atoms with E-state index in [0.29, 0.717) is 5.69 Å². The SMILES string of the molecule is Cc1cc(NC(=O)c2cccnn2)cc(B2OC(C)(C)C(C)(C)O2)c1. The van der Waals surface area contributed by atoms with Crippen molar-refractivity contribution in [3.05, 3.63) is 47.8 Å². The van der Waals surface area contributed by atoms with Crippen LogP contribution in [0.3, 0.4) is 0 Å². The number of rotatable bonds is 3. The maximum atomic E-state index is 12.3. The Hall–Kier alpha value is -2.25. The second-order valence-corrected chi connectivity index (χ2v) is 7.28. The van der Waals surface area contributed by atoms with Gasteiger partial charge in [-0.25, -0.2) is 0 Å². The molecule has 1 N–H and O–H groups in total. The molecular formula is C18H22BN3O3. The van der Waals surface area contributed by atoms with Crippen molar-refractivity contribution >= 4 is 24.2 Å². The first kappa shape index (κ1) is 17.6. The zero-order valence-electron chi connectivity index (χ0n) is 15.2. The standard InChI is InChI=1S/C18H22BN3O3/c1-12-9-13(19-24-17(2,3)18(4,5)25-19)11-14(10-12)21-16(23)15-7-6-8-20-22-15/h6-11H,1-5H3,(H,21,23). The minimum atomic E-state index is -0.475. The summed E-state index contributed by atoms with van der Waals surface area (Å²) in [5, 5.41) is 10.4. The molecule has 0 radical (unpaired) electrons. The van der Waals surface area contributed by atoms with Gasteiger partial charge in [-0.3, -0.25) is 4.79 Å². The van der Waals surface area contributed by atoms with Gasteiger partial charge in [0.1, 0.15) is 0 Å². The lowest BCUT2D eigenvalue weighted by molar-refractivity contribution is 0.00578. The predicted octanol–water partition coefficient (Wildman–Crippen LogP) is 2.34. The van der Waals surface area contributed by atoms with E-state index in [-0.39, 0.29) is 11.6 Å². The van der Waals surface area contributed by atoms with Gasteiger partial charge in [0.05, 0.1) is 11.2 Å². The maximum absolute atomic E-state index is 12.3. The van der Waals surface area contributed by atoms with Gasteiger partial charge in [0.15, 0.2) is 5.69 Å². The summed E-state index contributed by atoms with van der Waals surface area (Å²) >= 11 is 0. The van der Waals surface area contributed by atoms with E-state index in [4.69, 9.17) is 9.31 Å². The molecule has 7 heteroatoms. The Labute approximate surface area is 148 Å². The Kier molecular flexibility index (Phi) is 4.39. The summed E-state index contributed by atoms with van der Waals surface area (Å²) in [6.45, 7) is 10.0. The fraction of sp³-hybridized carbons (Fsp3) is 0.389. The fourth-order valence-electron chi connectivity index (χ4n) is 2.62. The van der Waals surface area contributed by atoms with E-state index in [9.17, 15) is 4.79 Å². The fourth-order valence-corrected chi connectivity index (χ4v) is 2.62. The third kappa shape index (κ3) is 3.57. The van der Waals surface area contributed by atoms with Crippen molar-refractivity contribution in [3.8, 4) is 0 Å². The molecule has 130 valence electrons. The van der Waals surface area contributed by atoms with Crippen molar-refractivity contribution in [1.82, 2.24) is 10.2 Å². The number of aryl methyl sites for hydroxylation is 1. The van der Waals surface area contributed by atoms with Crippen LogP contribution in [0.5, 0.6) is 0 Å². The molecule has 1 fully saturated rings. The number of amides is 1. The Morgan fingerprint density at radius 2 is 1.80 bits per heavy atom. The Morgan fingerprint density at radius 3 is 2.40 bits per heavy atom. The average molecular weight is 339 g/mol. The van der Waals surface area contributed by atoms with Gasteiger partial charge in [-0.05, 0) is 69.9 Å². The number of aromatic nitrogens is 2. The minimum Gasteiger partial charge on any atom is -0.399 e. The number of nitrogens with zero attached hydrogens (tertiary/aromatic N) is 2. The van der Waals surface area contributed by atoms with E-state index in [1.165, 1.54) is 6.20 Å². The third-order valence-electron chi connectivity index (χ3n) is 4.69. The number of nitrogens with one attached hydrogen (secondary N) is 1. The molecule has 1 aromatic carbocycles. The number of carbonyl (C=O) groups excluding carboxylic acids is 1. The summed E-state index contributed by atoms with van der Waals surface area (Å²) in [7, 11) is -0.475. The van der Waals surface area contributed by atoms with Gasteiger partial charge in [0.25, 0.3) is 5.91 Å². The Balaban J connectivity index is 1.83. The third-order valence-corrected chi connectivity index (χ3v) is 4.69. The van der Waals surface area contributed by atoms with E-state index in [2.05, 4.69) is 15.5 Å². The molecule has 2 heterocycles. The summed E-state index contributed by atoms with van der Waals surface area (Å²) in [5.41, 5.74) is 1.98. The molecule has 1 aliphatic rings. The van der Waals surface area contributed by atoms with E-state index in [0.717, 1.165) is 11.0 Å². The van der Waals surface area contributed by atoms with Gasteiger partial charge >= 0.3 is 7.12 Å². The van der Waals surface area contributed by atoms with Crippen LogP contribution in [0.4, 0.5) is 5.69 Å². The highest BCUT2D eigenvalue weighted by Gasteiger charge is 2.51. The lowest BCUT2D eigenvalue weighted by atomic mass is 9.78. The number of hydrogen-bond acceptors (Lipinski definition) is 5. The van der Waals surface area contributed by atoms with E-state index >= 15 is 0 Å². The molecular weight excluding hydrogens is 317 g/mol. The largest absolute Gasteiger partial charge is 0.494 e. The quantitative estimate of drug-likeness (QED) is 0.869. The molecule has 0 aliphatic carbocycles. The average Bonchev–Trinajstić information content (AvgIpc) is 2.76. The van der Waals surface area contributed by atoms with Gasteiger partial charge in [-0.2, -0.15) is 5.10 Å². The maximum Gasteiger partial charge on any atom is 0.494 e. The summed E-state index contributed by atoms with van der Waals surface area (Å²) < 4.78 is 12.2.